The number of aryl methyl sites for hydroxylation is 3. The number of hydrogen-bond acceptors (Lipinski definition) is 0. The fraction of sp³-hybridized carbons (Fsp3) is 0.214. The normalized spacial score (nSPS) is 11.2. The van der Waals surface area contributed by atoms with Crippen molar-refractivity contribution in [1.82, 2.24) is 0 Å². The first-order chi connectivity index (χ1) is 15.0. The molecule has 4 rings (SSSR count). The molecule has 0 saturated heterocycles. The lowest BCUT2D eigenvalue weighted by Crippen LogP contribution is -1.96. The van der Waals surface area contributed by atoms with Crippen LogP contribution in [0.3, 0.4) is 0 Å². The van der Waals surface area contributed by atoms with Crippen LogP contribution < -0.4 is 0 Å². The summed E-state index contributed by atoms with van der Waals surface area (Å²) in [5, 5.41) is 2.04. The van der Waals surface area contributed by atoms with Crippen LogP contribution >= 0.6 is 11.6 Å². The average molecular weight is 435 g/mol. The predicted octanol–water partition coefficient (Wildman–Crippen LogP) is 8.57. The molecule has 0 N–H and O–H groups in total. The quantitative estimate of drug-likeness (QED) is 0.273. The van der Waals surface area contributed by atoms with E-state index in [9.17, 15) is 4.39 Å². The van der Waals surface area contributed by atoms with Gasteiger partial charge in [-0.2, -0.15) is 0 Å². The van der Waals surface area contributed by atoms with Crippen molar-refractivity contribution in [3.8, 4) is 11.1 Å². The van der Waals surface area contributed by atoms with Gasteiger partial charge in [-0.3, -0.25) is 0 Å². The van der Waals surface area contributed by atoms with Crippen molar-refractivity contribution in [3.05, 3.63) is 106 Å². The highest BCUT2D eigenvalue weighted by atomic mass is 35.5. The van der Waals surface area contributed by atoms with Gasteiger partial charge in [0.05, 0.1) is 0 Å². The summed E-state index contributed by atoms with van der Waals surface area (Å²) in [6, 6.07) is 22.3. The topological polar surface area (TPSA) is 0 Å². The Labute approximate surface area is 187 Å². The van der Waals surface area contributed by atoms with Gasteiger partial charge in [-0.1, -0.05) is 73.5 Å². The van der Waals surface area contributed by atoms with Crippen molar-refractivity contribution < 1.29 is 8.78 Å². The van der Waals surface area contributed by atoms with Crippen molar-refractivity contribution in [2.75, 3.05) is 0 Å². The molecule has 0 aliphatic heterocycles. The Hall–Kier alpha value is -2.71. The van der Waals surface area contributed by atoms with E-state index in [2.05, 4.69) is 6.92 Å². The van der Waals surface area contributed by atoms with Crippen LogP contribution in [0.2, 0.25) is 5.02 Å². The van der Waals surface area contributed by atoms with Crippen molar-refractivity contribution in [1.29, 1.82) is 0 Å². The van der Waals surface area contributed by atoms with Gasteiger partial charge in [0.1, 0.15) is 11.6 Å². The molecule has 0 radical (unpaired) electrons. The summed E-state index contributed by atoms with van der Waals surface area (Å²) in [7, 11) is 0. The summed E-state index contributed by atoms with van der Waals surface area (Å²) in [6.07, 6.45) is 4.37. The molecule has 0 unspecified atom stereocenters. The van der Waals surface area contributed by atoms with Crippen LogP contribution in [0.1, 0.15) is 36.5 Å². The lowest BCUT2D eigenvalue weighted by Gasteiger charge is -2.10. The van der Waals surface area contributed by atoms with Crippen LogP contribution in [0.25, 0.3) is 21.9 Å². The number of halogens is 3. The summed E-state index contributed by atoms with van der Waals surface area (Å²) in [6.45, 7) is 2.13. The number of rotatable bonds is 7. The van der Waals surface area contributed by atoms with Gasteiger partial charge in [-0.25, -0.2) is 8.78 Å². The summed E-state index contributed by atoms with van der Waals surface area (Å²) in [4.78, 5) is 0. The summed E-state index contributed by atoms with van der Waals surface area (Å²) in [5.41, 5.74) is 4.13. The highest BCUT2D eigenvalue weighted by molar-refractivity contribution is 6.30. The zero-order valence-corrected chi connectivity index (χ0v) is 18.4. The van der Waals surface area contributed by atoms with E-state index in [1.54, 1.807) is 18.2 Å². The van der Waals surface area contributed by atoms with Crippen molar-refractivity contribution in [2.24, 2.45) is 0 Å². The van der Waals surface area contributed by atoms with Gasteiger partial charge in [0.15, 0.2) is 0 Å². The number of hydrogen-bond donors (Lipinski definition) is 0. The summed E-state index contributed by atoms with van der Waals surface area (Å²) >= 11 is 5.93. The predicted molar refractivity (Wildman–Crippen MR) is 127 cm³/mol. The second-order valence-corrected chi connectivity index (χ2v) is 8.46. The minimum Gasteiger partial charge on any atom is -0.206 e. The van der Waals surface area contributed by atoms with E-state index in [1.807, 2.05) is 54.6 Å². The van der Waals surface area contributed by atoms with Crippen molar-refractivity contribution in [2.45, 2.75) is 39.0 Å². The zero-order chi connectivity index (χ0) is 21.8. The van der Waals surface area contributed by atoms with Gasteiger partial charge in [0.2, 0.25) is 0 Å². The van der Waals surface area contributed by atoms with Crippen molar-refractivity contribution >= 4 is 22.4 Å². The zero-order valence-electron chi connectivity index (χ0n) is 17.6. The Bertz CT molecular complexity index is 1200. The number of fused-ring (bicyclic) bond motifs is 1. The minimum absolute atomic E-state index is 0.201. The van der Waals surface area contributed by atoms with E-state index >= 15 is 4.39 Å². The fourth-order valence-corrected chi connectivity index (χ4v) is 4.08. The molecule has 0 nitrogen and oxygen atoms in total. The molecule has 158 valence electrons. The van der Waals surface area contributed by atoms with E-state index in [-0.39, 0.29) is 11.6 Å². The molecule has 0 saturated carbocycles. The lowest BCUT2D eigenvalue weighted by atomic mass is 9.96. The average Bonchev–Trinajstić information content (AvgIpc) is 2.78. The Morgan fingerprint density at radius 1 is 0.742 bits per heavy atom. The van der Waals surface area contributed by atoms with Gasteiger partial charge in [-0.15, -0.1) is 0 Å². The maximum atomic E-state index is 15.1. The Morgan fingerprint density at radius 2 is 1.52 bits per heavy atom. The standard InChI is InChI=1S/C28H25ClF2/c1-2-3-4-20-8-15-25(27(30)17-20)22-12-16-26-23(18-22)11-10-21(28(26)31)9-5-19-6-13-24(29)14-7-19/h6-8,10-18H,2-5,9H2,1H3. The number of benzene rings is 4. The molecule has 4 aromatic carbocycles. The highest BCUT2D eigenvalue weighted by Crippen LogP contribution is 2.30. The first-order valence-electron chi connectivity index (χ1n) is 10.8. The molecule has 0 aliphatic carbocycles. The molecule has 0 fully saturated rings. The van der Waals surface area contributed by atoms with Crippen molar-refractivity contribution in [3.63, 3.8) is 0 Å². The van der Waals surface area contributed by atoms with Gasteiger partial charge in [0.25, 0.3) is 0 Å². The fourth-order valence-electron chi connectivity index (χ4n) is 3.96. The Morgan fingerprint density at radius 3 is 2.26 bits per heavy atom. The lowest BCUT2D eigenvalue weighted by molar-refractivity contribution is 0.620. The van der Waals surface area contributed by atoms with Crippen LogP contribution in [0.4, 0.5) is 8.78 Å². The molecule has 3 heteroatoms. The largest absolute Gasteiger partial charge is 0.206 e. The van der Waals surface area contributed by atoms with E-state index in [0.29, 0.717) is 28.0 Å². The van der Waals surface area contributed by atoms with E-state index < -0.39 is 0 Å². The minimum atomic E-state index is -0.229. The van der Waals surface area contributed by atoms with Crippen LogP contribution in [-0.4, -0.2) is 0 Å². The van der Waals surface area contributed by atoms with E-state index in [0.717, 1.165) is 47.8 Å². The maximum Gasteiger partial charge on any atom is 0.134 e. The van der Waals surface area contributed by atoms with Gasteiger partial charge < -0.3 is 0 Å². The first kappa shape index (κ1) is 21.5. The van der Waals surface area contributed by atoms with Gasteiger partial charge >= 0.3 is 0 Å². The van der Waals surface area contributed by atoms with E-state index in [4.69, 9.17) is 11.6 Å². The Balaban J connectivity index is 1.57. The molecule has 31 heavy (non-hydrogen) atoms. The molecular formula is C28H25ClF2. The molecule has 4 aromatic rings. The molecular weight excluding hydrogens is 410 g/mol. The third kappa shape index (κ3) is 4.97. The molecule has 0 atom stereocenters. The molecule has 0 spiro atoms. The summed E-state index contributed by atoms with van der Waals surface area (Å²) in [5.74, 6) is -0.429. The van der Waals surface area contributed by atoms with Gasteiger partial charge in [0, 0.05) is 16.0 Å². The molecule has 0 aromatic heterocycles. The maximum absolute atomic E-state index is 15.1. The first-order valence-corrected chi connectivity index (χ1v) is 11.2. The van der Waals surface area contributed by atoms with Crippen LogP contribution in [0, 0.1) is 11.6 Å². The second kappa shape index (κ2) is 9.62. The smallest absolute Gasteiger partial charge is 0.134 e. The molecule has 0 amide bonds. The monoisotopic (exact) mass is 434 g/mol. The molecule has 0 bridgehead atoms. The second-order valence-electron chi connectivity index (χ2n) is 8.02. The molecule has 0 heterocycles. The Kier molecular flexibility index (Phi) is 6.67. The highest BCUT2D eigenvalue weighted by Gasteiger charge is 2.11. The number of unbranched alkanes of at least 4 members (excludes halogenated alkanes) is 1. The third-order valence-corrected chi connectivity index (χ3v) is 6.05. The molecule has 0 aliphatic rings. The summed E-state index contributed by atoms with van der Waals surface area (Å²) < 4.78 is 29.8. The van der Waals surface area contributed by atoms with E-state index in [1.165, 1.54) is 0 Å². The SMILES string of the molecule is CCCCc1ccc(-c2ccc3c(F)c(CCc4ccc(Cl)cc4)ccc3c2)c(F)c1. The van der Waals surface area contributed by atoms with Crippen LogP contribution in [0.15, 0.2) is 72.8 Å². The third-order valence-electron chi connectivity index (χ3n) is 5.79. The van der Waals surface area contributed by atoms with Crippen LogP contribution in [0.5, 0.6) is 0 Å². The van der Waals surface area contributed by atoms with Crippen LogP contribution in [-0.2, 0) is 19.3 Å². The van der Waals surface area contributed by atoms with Gasteiger partial charge in [-0.05, 0) is 77.6 Å².